The second-order valence-corrected chi connectivity index (χ2v) is 7.36. The second-order valence-electron chi connectivity index (χ2n) is 7.36. The molecule has 6 heteroatoms. The van der Waals surface area contributed by atoms with Gasteiger partial charge < -0.3 is 25.2 Å². The maximum absolute atomic E-state index is 10.1. The summed E-state index contributed by atoms with van der Waals surface area (Å²) in [6.45, 7) is 1.27. The molecule has 0 fully saturated rings. The molecule has 0 aromatic heterocycles. The lowest BCUT2D eigenvalue weighted by Crippen LogP contribution is -2.37. The van der Waals surface area contributed by atoms with E-state index in [2.05, 4.69) is 64.2 Å². The van der Waals surface area contributed by atoms with Crippen molar-refractivity contribution in [2.24, 2.45) is 4.99 Å². The van der Waals surface area contributed by atoms with Crippen molar-refractivity contribution < 1.29 is 14.6 Å². The summed E-state index contributed by atoms with van der Waals surface area (Å²) >= 11 is 0. The molecular weight excluding hydrogens is 402 g/mol. The molecule has 0 aliphatic rings. The number of hydrogen-bond donors (Lipinski definition) is 3. The van der Waals surface area contributed by atoms with Gasteiger partial charge in [-0.05, 0) is 35.2 Å². The summed E-state index contributed by atoms with van der Waals surface area (Å²) in [6, 6.07) is 24.7. The van der Waals surface area contributed by atoms with E-state index in [9.17, 15) is 5.11 Å². The number of guanidine groups is 1. The Hall–Kier alpha value is -3.67. The number of phenolic OH excluding ortho intramolecular Hbond substituents is 1. The van der Waals surface area contributed by atoms with Crippen LogP contribution in [0, 0.1) is 0 Å². The van der Waals surface area contributed by atoms with E-state index < -0.39 is 0 Å². The molecule has 0 amide bonds. The van der Waals surface area contributed by atoms with Gasteiger partial charge in [0, 0.05) is 26.1 Å². The Labute approximate surface area is 189 Å². The van der Waals surface area contributed by atoms with E-state index in [1.165, 1.54) is 25.3 Å². The minimum atomic E-state index is -0.00544. The first-order valence-corrected chi connectivity index (χ1v) is 10.6. The van der Waals surface area contributed by atoms with Crippen molar-refractivity contribution in [1.29, 1.82) is 0 Å². The number of rotatable bonds is 9. The number of aliphatic imine (C=N–C) groups is 1. The highest BCUT2D eigenvalue weighted by Crippen LogP contribution is 2.37. The van der Waals surface area contributed by atoms with Crippen molar-refractivity contribution in [3.8, 4) is 17.2 Å². The lowest BCUT2D eigenvalue weighted by molar-refractivity contribution is 0.339. The van der Waals surface area contributed by atoms with Crippen LogP contribution in [-0.4, -0.2) is 38.9 Å². The molecule has 3 aromatic rings. The van der Waals surface area contributed by atoms with E-state index in [0.717, 1.165) is 18.5 Å². The fraction of sp³-hybridized carbons (Fsp3) is 0.269. The van der Waals surface area contributed by atoms with Crippen LogP contribution < -0.4 is 20.1 Å². The number of methoxy groups -OCH3 is 2. The lowest BCUT2D eigenvalue weighted by Gasteiger charge is -2.20. The van der Waals surface area contributed by atoms with Gasteiger partial charge in [-0.1, -0.05) is 60.7 Å². The minimum absolute atomic E-state index is 0.00544. The number of nitrogens with zero attached hydrogens (tertiary/aromatic N) is 1. The topological polar surface area (TPSA) is 75.1 Å². The summed E-state index contributed by atoms with van der Waals surface area (Å²) in [5.74, 6) is 1.74. The normalized spacial score (nSPS) is 11.3. The van der Waals surface area contributed by atoms with Gasteiger partial charge in [-0.15, -0.1) is 0 Å². The van der Waals surface area contributed by atoms with Crippen molar-refractivity contribution in [3.63, 3.8) is 0 Å². The average molecular weight is 434 g/mol. The zero-order valence-electron chi connectivity index (χ0n) is 18.8. The van der Waals surface area contributed by atoms with E-state index in [1.54, 1.807) is 19.2 Å². The summed E-state index contributed by atoms with van der Waals surface area (Å²) in [7, 11) is 4.78. The van der Waals surface area contributed by atoms with E-state index in [-0.39, 0.29) is 5.75 Å². The molecule has 3 rings (SSSR count). The van der Waals surface area contributed by atoms with Crippen LogP contribution in [0.5, 0.6) is 17.2 Å². The summed E-state index contributed by atoms with van der Waals surface area (Å²) in [6.07, 6.45) is 0.926. The van der Waals surface area contributed by atoms with Gasteiger partial charge in [0.25, 0.3) is 0 Å². The predicted molar refractivity (Wildman–Crippen MR) is 129 cm³/mol. The number of aromatic hydroxyl groups is 1. The van der Waals surface area contributed by atoms with Gasteiger partial charge in [0.1, 0.15) is 0 Å². The van der Waals surface area contributed by atoms with Crippen molar-refractivity contribution in [1.82, 2.24) is 10.6 Å². The van der Waals surface area contributed by atoms with Gasteiger partial charge in [0.2, 0.25) is 5.75 Å². The zero-order chi connectivity index (χ0) is 22.8. The standard InChI is InChI=1S/C26H31N3O3/c1-27-26(29-18-19-16-23(31-2)25(30)24(17-19)32-3)28-15-14-22(20-10-6-4-7-11-20)21-12-8-5-9-13-21/h4-13,16-17,22,30H,14-15,18H2,1-3H3,(H2,27,28,29). The summed E-state index contributed by atoms with van der Waals surface area (Å²) in [5.41, 5.74) is 3.50. The van der Waals surface area contributed by atoms with Crippen molar-refractivity contribution in [2.75, 3.05) is 27.8 Å². The zero-order valence-corrected chi connectivity index (χ0v) is 18.8. The van der Waals surface area contributed by atoms with Crippen LogP contribution >= 0.6 is 0 Å². The van der Waals surface area contributed by atoms with Crippen LogP contribution in [0.2, 0.25) is 0 Å². The Morgan fingerprint density at radius 2 is 1.41 bits per heavy atom. The van der Waals surface area contributed by atoms with Gasteiger partial charge in [-0.3, -0.25) is 4.99 Å². The van der Waals surface area contributed by atoms with Crippen LogP contribution in [-0.2, 0) is 6.54 Å². The molecule has 6 nitrogen and oxygen atoms in total. The molecule has 0 unspecified atom stereocenters. The summed E-state index contributed by atoms with van der Waals surface area (Å²) < 4.78 is 10.5. The third-order valence-corrected chi connectivity index (χ3v) is 5.35. The molecule has 0 heterocycles. The fourth-order valence-electron chi connectivity index (χ4n) is 3.69. The molecule has 32 heavy (non-hydrogen) atoms. The van der Waals surface area contributed by atoms with E-state index in [1.807, 2.05) is 12.1 Å². The van der Waals surface area contributed by atoms with Crippen LogP contribution in [0.25, 0.3) is 0 Å². The Kier molecular flexibility index (Phi) is 8.37. The SMILES string of the molecule is CN=C(NCCC(c1ccccc1)c1ccccc1)NCc1cc(OC)c(O)c(OC)c1. The molecule has 3 aromatic carbocycles. The number of hydrogen-bond acceptors (Lipinski definition) is 4. The fourth-order valence-corrected chi connectivity index (χ4v) is 3.69. The summed E-state index contributed by atoms with van der Waals surface area (Å²) in [4.78, 5) is 4.33. The molecule has 0 bridgehead atoms. The molecule has 0 aliphatic heterocycles. The van der Waals surface area contributed by atoms with Crippen molar-refractivity contribution in [3.05, 3.63) is 89.5 Å². The van der Waals surface area contributed by atoms with E-state index >= 15 is 0 Å². The number of ether oxygens (including phenoxy) is 2. The average Bonchev–Trinajstić information content (AvgIpc) is 2.85. The predicted octanol–water partition coefficient (Wildman–Crippen LogP) is 4.30. The smallest absolute Gasteiger partial charge is 0.200 e. The number of benzene rings is 3. The van der Waals surface area contributed by atoms with Crippen LogP contribution in [0.15, 0.2) is 77.8 Å². The number of nitrogens with one attached hydrogen (secondary N) is 2. The first-order valence-electron chi connectivity index (χ1n) is 10.6. The Balaban J connectivity index is 1.61. The third kappa shape index (κ3) is 5.94. The highest BCUT2D eigenvalue weighted by molar-refractivity contribution is 5.79. The molecule has 0 saturated carbocycles. The maximum Gasteiger partial charge on any atom is 0.200 e. The summed E-state index contributed by atoms with van der Waals surface area (Å²) in [5, 5.41) is 16.8. The quantitative estimate of drug-likeness (QED) is 0.347. The largest absolute Gasteiger partial charge is 0.502 e. The van der Waals surface area contributed by atoms with Gasteiger partial charge in [-0.25, -0.2) is 0 Å². The van der Waals surface area contributed by atoms with Crippen molar-refractivity contribution >= 4 is 5.96 Å². The van der Waals surface area contributed by atoms with E-state index in [0.29, 0.717) is 29.9 Å². The van der Waals surface area contributed by atoms with Crippen molar-refractivity contribution in [2.45, 2.75) is 18.9 Å². The van der Waals surface area contributed by atoms with Crippen LogP contribution in [0.4, 0.5) is 0 Å². The second kappa shape index (κ2) is 11.6. The first-order chi connectivity index (χ1) is 15.7. The van der Waals surface area contributed by atoms with Gasteiger partial charge in [-0.2, -0.15) is 0 Å². The molecule has 168 valence electrons. The Bertz CT molecular complexity index is 943. The molecule has 0 spiro atoms. The first kappa shape index (κ1) is 23.0. The highest BCUT2D eigenvalue weighted by Gasteiger charge is 2.14. The monoisotopic (exact) mass is 433 g/mol. The molecule has 0 saturated heterocycles. The molecule has 0 aliphatic carbocycles. The Morgan fingerprint density at radius 3 is 1.88 bits per heavy atom. The number of phenols is 1. The van der Waals surface area contributed by atoms with Gasteiger partial charge >= 0.3 is 0 Å². The Morgan fingerprint density at radius 1 is 0.875 bits per heavy atom. The maximum atomic E-state index is 10.1. The van der Waals surface area contributed by atoms with Gasteiger partial charge in [0.15, 0.2) is 17.5 Å². The molecule has 0 radical (unpaired) electrons. The van der Waals surface area contributed by atoms with Crippen LogP contribution in [0.3, 0.4) is 0 Å². The van der Waals surface area contributed by atoms with Gasteiger partial charge in [0.05, 0.1) is 14.2 Å². The lowest BCUT2D eigenvalue weighted by atomic mass is 9.88. The van der Waals surface area contributed by atoms with E-state index in [4.69, 9.17) is 9.47 Å². The molecule has 0 atom stereocenters. The minimum Gasteiger partial charge on any atom is -0.502 e. The molecule has 3 N–H and O–H groups in total. The molecular formula is C26H31N3O3. The highest BCUT2D eigenvalue weighted by atomic mass is 16.5. The third-order valence-electron chi connectivity index (χ3n) is 5.35. The van der Waals surface area contributed by atoms with Crippen LogP contribution in [0.1, 0.15) is 29.0 Å².